The van der Waals surface area contributed by atoms with Gasteiger partial charge in [0, 0.05) is 5.56 Å². The maximum absolute atomic E-state index is 12.2. The molecule has 0 atom stereocenters. The van der Waals surface area contributed by atoms with Crippen LogP contribution in [0.2, 0.25) is 0 Å². The van der Waals surface area contributed by atoms with E-state index in [4.69, 9.17) is 0 Å². The number of aromatic amines is 1. The summed E-state index contributed by atoms with van der Waals surface area (Å²) in [7, 11) is 0. The lowest BCUT2D eigenvalue weighted by molar-refractivity contribution is 0.749. The van der Waals surface area contributed by atoms with Crippen molar-refractivity contribution in [1.82, 2.24) is 24.8 Å². The normalized spacial score (nSPS) is 12.9. The van der Waals surface area contributed by atoms with Crippen molar-refractivity contribution in [2.45, 2.75) is 21.9 Å². The summed E-state index contributed by atoms with van der Waals surface area (Å²) in [5, 5.41) is 10.4. The Morgan fingerprint density at radius 2 is 2.09 bits per heavy atom. The van der Waals surface area contributed by atoms with Crippen LogP contribution < -0.4 is 11.0 Å². The van der Waals surface area contributed by atoms with E-state index in [2.05, 4.69) is 25.6 Å². The monoisotopic (exact) mass is 344 g/mol. The molecule has 4 rings (SSSR count). The zero-order valence-corrected chi connectivity index (χ0v) is 13.7. The van der Waals surface area contributed by atoms with Gasteiger partial charge in [-0.3, -0.25) is 4.79 Å². The second-order valence-corrected chi connectivity index (χ2v) is 6.55. The zero-order valence-electron chi connectivity index (χ0n) is 12.1. The molecule has 0 spiro atoms. The van der Waals surface area contributed by atoms with Gasteiger partial charge in [-0.15, -0.1) is 10.2 Å². The molecule has 3 aromatic rings. The molecule has 23 heavy (non-hydrogen) atoms. The van der Waals surface area contributed by atoms with Crippen molar-refractivity contribution in [3.63, 3.8) is 0 Å². The van der Waals surface area contributed by atoms with Crippen LogP contribution >= 0.6 is 23.5 Å². The van der Waals surface area contributed by atoms with Gasteiger partial charge in [0.25, 0.3) is 5.56 Å². The fourth-order valence-electron chi connectivity index (χ4n) is 2.29. The predicted octanol–water partition coefficient (Wildman–Crippen LogP) is 1.96. The Morgan fingerprint density at radius 1 is 1.26 bits per heavy atom. The number of hydrogen-bond acceptors (Lipinski definition) is 7. The number of rotatable bonds is 2. The molecule has 0 saturated heterocycles. The summed E-state index contributed by atoms with van der Waals surface area (Å²) in [5.74, 6) is 0.711. The molecule has 1 aromatic carbocycles. The number of aromatic nitrogens is 5. The number of H-pyrrole nitrogens is 1. The van der Waals surface area contributed by atoms with Crippen molar-refractivity contribution in [2.24, 2.45) is 0 Å². The third kappa shape index (κ3) is 2.51. The van der Waals surface area contributed by atoms with E-state index in [1.807, 2.05) is 36.6 Å². The highest BCUT2D eigenvalue weighted by atomic mass is 32.2. The molecule has 0 bridgehead atoms. The second kappa shape index (κ2) is 5.74. The van der Waals surface area contributed by atoms with Gasteiger partial charge in [-0.1, -0.05) is 42.1 Å². The van der Waals surface area contributed by atoms with Gasteiger partial charge in [0.05, 0.1) is 12.1 Å². The number of nitrogens with zero attached hydrogens (tertiary/aromatic N) is 4. The summed E-state index contributed by atoms with van der Waals surface area (Å²) in [6, 6.07) is 9.80. The molecular weight excluding hydrogens is 332 g/mol. The first-order valence-electron chi connectivity index (χ1n) is 6.86. The Hall–Kier alpha value is -2.26. The first kappa shape index (κ1) is 14.3. The quantitative estimate of drug-likeness (QED) is 0.417. The first-order valence-corrected chi connectivity index (χ1v) is 8.90. The highest BCUT2D eigenvalue weighted by molar-refractivity contribution is 7.99. The SMILES string of the molecule is CSc1nc2c(c(=O)[nH]1)CNn1c(nnc1-c1ccccc1)S2. The number of benzene rings is 1. The van der Waals surface area contributed by atoms with Crippen LogP contribution in [0.15, 0.2) is 50.5 Å². The maximum Gasteiger partial charge on any atom is 0.257 e. The number of hydrogen-bond donors (Lipinski definition) is 2. The van der Waals surface area contributed by atoms with E-state index in [1.54, 1.807) is 4.68 Å². The summed E-state index contributed by atoms with van der Waals surface area (Å²) in [4.78, 5) is 19.5. The van der Waals surface area contributed by atoms with Crippen molar-refractivity contribution in [3.05, 3.63) is 46.2 Å². The van der Waals surface area contributed by atoms with Gasteiger partial charge in [0.1, 0.15) is 5.03 Å². The Labute approximate surface area is 139 Å². The minimum Gasteiger partial charge on any atom is -0.317 e. The van der Waals surface area contributed by atoms with Crippen molar-refractivity contribution in [2.75, 3.05) is 11.7 Å². The van der Waals surface area contributed by atoms with Crippen molar-refractivity contribution in [3.8, 4) is 11.4 Å². The molecule has 116 valence electrons. The molecule has 0 fully saturated rings. The van der Waals surface area contributed by atoms with E-state index in [1.165, 1.54) is 23.5 Å². The number of nitrogens with one attached hydrogen (secondary N) is 2. The van der Waals surface area contributed by atoms with Crippen LogP contribution in [0.25, 0.3) is 11.4 Å². The molecule has 3 heterocycles. The molecule has 1 aliphatic heterocycles. The van der Waals surface area contributed by atoms with Crippen LogP contribution in [0, 0.1) is 0 Å². The largest absolute Gasteiger partial charge is 0.317 e. The van der Waals surface area contributed by atoms with Crippen molar-refractivity contribution in [1.29, 1.82) is 0 Å². The standard InChI is InChI=1S/C14H12N6OS2/c1-22-13-16-11(21)9-7-15-20-10(8-5-3-2-4-6-8)18-19-14(20)23-12(9)17-13/h2-6,15H,7H2,1H3,(H,16,17,21). The summed E-state index contributed by atoms with van der Waals surface area (Å²) < 4.78 is 1.81. The average Bonchev–Trinajstić information content (AvgIpc) is 2.88. The third-order valence-corrected chi connectivity index (χ3v) is 4.97. The maximum atomic E-state index is 12.2. The van der Waals surface area contributed by atoms with E-state index >= 15 is 0 Å². The van der Waals surface area contributed by atoms with Gasteiger partial charge in [-0.25, -0.2) is 9.66 Å². The van der Waals surface area contributed by atoms with Gasteiger partial charge < -0.3 is 10.4 Å². The van der Waals surface area contributed by atoms with Crippen LogP contribution in [0.3, 0.4) is 0 Å². The van der Waals surface area contributed by atoms with E-state index in [-0.39, 0.29) is 5.56 Å². The molecule has 0 radical (unpaired) electrons. The predicted molar refractivity (Wildman–Crippen MR) is 89.3 cm³/mol. The molecule has 0 aliphatic carbocycles. The van der Waals surface area contributed by atoms with Crippen LogP contribution in [0.5, 0.6) is 0 Å². The lowest BCUT2D eigenvalue weighted by atomic mass is 10.2. The minimum absolute atomic E-state index is 0.126. The van der Waals surface area contributed by atoms with E-state index in [9.17, 15) is 4.79 Å². The third-order valence-electron chi connectivity index (χ3n) is 3.42. The fourth-order valence-corrected chi connectivity index (χ4v) is 3.65. The van der Waals surface area contributed by atoms with Crippen LogP contribution in [0.4, 0.5) is 0 Å². The first-order chi connectivity index (χ1) is 11.3. The topological polar surface area (TPSA) is 88.5 Å². The number of fused-ring (bicyclic) bond motifs is 2. The summed E-state index contributed by atoms with van der Waals surface area (Å²) >= 11 is 2.75. The lowest BCUT2D eigenvalue weighted by Gasteiger charge is -2.08. The molecule has 0 unspecified atom stereocenters. The molecule has 2 N–H and O–H groups in total. The van der Waals surface area contributed by atoms with Crippen molar-refractivity contribution >= 4 is 23.5 Å². The van der Waals surface area contributed by atoms with Crippen LogP contribution in [0.1, 0.15) is 5.56 Å². The molecule has 0 amide bonds. The smallest absolute Gasteiger partial charge is 0.257 e. The fraction of sp³-hybridized carbons (Fsp3) is 0.143. The van der Waals surface area contributed by atoms with Gasteiger partial charge in [-0.2, -0.15) is 0 Å². The molecule has 0 saturated carbocycles. The molecular formula is C14H12N6OS2. The van der Waals surface area contributed by atoms with E-state index in [0.717, 1.165) is 5.56 Å². The average molecular weight is 344 g/mol. The minimum atomic E-state index is -0.126. The van der Waals surface area contributed by atoms with Gasteiger partial charge in [0.15, 0.2) is 11.0 Å². The van der Waals surface area contributed by atoms with Gasteiger partial charge in [0.2, 0.25) is 5.16 Å². The highest BCUT2D eigenvalue weighted by Crippen LogP contribution is 2.31. The summed E-state index contributed by atoms with van der Waals surface area (Å²) in [5.41, 5.74) is 4.65. The Balaban J connectivity index is 1.80. The molecule has 9 heteroatoms. The molecule has 1 aliphatic rings. The van der Waals surface area contributed by atoms with E-state index < -0.39 is 0 Å². The highest BCUT2D eigenvalue weighted by Gasteiger charge is 2.23. The van der Waals surface area contributed by atoms with Crippen LogP contribution in [-0.4, -0.2) is 31.1 Å². The van der Waals surface area contributed by atoms with E-state index in [0.29, 0.717) is 33.3 Å². The summed E-state index contributed by atoms with van der Waals surface area (Å²) in [6.07, 6.45) is 1.88. The molecule has 7 nitrogen and oxygen atoms in total. The Bertz CT molecular complexity index is 921. The lowest BCUT2D eigenvalue weighted by Crippen LogP contribution is -2.22. The molecule has 2 aromatic heterocycles. The summed E-state index contributed by atoms with van der Waals surface area (Å²) in [6.45, 7) is 0.365. The Kier molecular flexibility index (Phi) is 3.58. The second-order valence-electron chi connectivity index (χ2n) is 4.80. The number of thioether (sulfide) groups is 1. The Morgan fingerprint density at radius 3 is 2.87 bits per heavy atom. The van der Waals surface area contributed by atoms with Gasteiger partial charge >= 0.3 is 0 Å². The van der Waals surface area contributed by atoms with Gasteiger partial charge in [-0.05, 0) is 18.0 Å². The van der Waals surface area contributed by atoms with Crippen LogP contribution in [-0.2, 0) is 6.54 Å². The zero-order chi connectivity index (χ0) is 15.8. The van der Waals surface area contributed by atoms with Crippen molar-refractivity contribution < 1.29 is 0 Å².